The fourth-order valence-corrected chi connectivity index (χ4v) is 1.48. The second-order valence-electron chi connectivity index (χ2n) is 4.03. The van der Waals surface area contributed by atoms with Gasteiger partial charge in [-0.3, -0.25) is 5.41 Å². The third-order valence-corrected chi connectivity index (χ3v) is 2.65. The van der Waals surface area contributed by atoms with Crippen LogP contribution >= 0.6 is 0 Å². The van der Waals surface area contributed by atoms with Gasteiger partial charge in [0.05, 0.1) is 12.4 Å². The highest BCUT2D eigenvalue weighted by atomic mass is 16.5. The molecule has 0 aromatic heterocycles. The first-order chi connectivity index (χ1) is 7.61. The molecule has 0 saturated carbocycles. The lowest BCUT2D eigenvalue weighted by molar-refractivity contribution is 0.305. The minimum Gasteiger partial charge on any atom is -0.493 e. The highest BCUT2D eigenvalue weighted by Crippen LogP contribution is 2.20. The van der Waals surface area contributed by atoms with Crippen LogP contribution in [0.4, 0.5) is 0 Å². The monoisotopic (exact) mass is 220 g/mol. The van der Waals surface area contributed by atoms with Gasteiger partial charge in [0.25, 0.3) is 0 Å². The van der Waals surface area contributed by atoms with Gasteiger partial charge in [-0.25, -0.2) is 0 Å². The molecule has 1 aromatic rings. The molecule has 3 heteroatoms. The molecular formula is C13H20N2O. The van der Waals surface area contributed by atoms with Gasteiger partial charge in [0.15, 0.2) is 0 Å². The van der Waals surface area contributed by atoms with E-state index in [1.165, 1.54) is 11.1 Å². The van der Waals surface area contributed by atoms with Crippen molar-refractivity contribution in [1.82, 2.24) is 0 Å². The predicted molar refractivity (Wildman–Crippen MR) is 67.2 cm³/mol. The fraction of sp³-hybridized carbons (Fsp3) is 0.462. The van der Waals surface area contributed by atoms with Crippen LogP contribution in [-0.2, 0) is 0 Å². The van der Waals surface area contributed by atoms with Crippen molar-refractivity contribution in [3.63, 3.8) is 0 Å². The lowest BCUT2D eigenvalue weighted by Crippen LogP contribution is -2.09. The molecule has 0 unspecified atom stereocenters. The summed E-state index contributed by atoms with van der Waals surface area (Å²) >= 11 is 0. The Hall–Kier alpha value is -1.51. The van der Waals surface area contributed by atoms with E-state index in [9.17, 15) is 0 Å². The molecule has 0 atom stereocenters. The maximum Gasteiger partial charge on any atom is 0.122 e. The molecule has 0 fully saturated rings. The Kier molecular flexibility index (Phi) is 4.83. The van der Waals surface area contributed by atoms with Gasteiger partial charge in [0.2, 0.25) is 0 Å². The first-order valence-electron chi connectivity index (χ1n) is 5.63. The van der Waals surface area contributed by atoms with Crippen LogP contribution in [0.15, 0.2) is 18.2 Å². The van der Waals surface area contributed by atoms with Crippen molar-refractivity contribution >= 4 is 5.84 Å². The number of aryl methyl sites for hydroxylation is 1. The zero-order valence-electron chi connectivity index (χ0n) is 10.0. The lowest BCUT2D eigenvalue weighted by Gasteiger charge is -2.10. The highest BCUT2D eigenvalue weighted by Gasteiger charge is 2.01. The van der Waals surface area contributed by atoms with Gasteiger partial charge in [0.1, 0.15) is 5.75 Å². The molecule has 88 valence electrons. The molecule has 0 aliphatic heterocycles. The van der Waals surface area contributed by atoms with Crippen LogP contribution in [0.3, 0.4) is 0 Å². The number of benzene rings is 1. The van der Waals surface area contributed by atoms with Crippen molar-refractivity contribution in [3.05, 3.63) is 29.3 Å². The van der Waals surface area contributed by atoms with Gasteiger partial charge in [-0.2, -0.15) is 0 Å². The summed E-state index contributed by atoms with van der Waals surface area (Å²) in [4.78, 5) is 0. The van der Waals surface area contributed by atoms with Crippen LogP contribution in [0.5, 0.6) is 5.75 Å². The normalized spacial score (nSPS) is 10.1. The van der Waals surface area contributed by atoms with Crippen LogP contribution in [0, 0.1) is 19.3 Å². The van der Waals surface area contributed by atoms with E-state index in [2.05, 4.69) is 19.9 Å². The minimum absolute atomic E-state index is 0.256. The lowest BCUT2D eigenvalue weighted by atomic mass is 10.1. The van der Waals surface area contributed by atoms with Crippen LogP contribution < -0.4 is 10.5 Å². The zero-order chi connectivity index (χ0) is 12.0. The van der Waals surface area contributed by atoms with E-state index in [-0.39, 0.29) is 5.84 Å². The number of ether oxygens (including phenoxy) is 1. The molecule has 3 N–H and O–H groups in total. The van der Waals surface area contributed by atoms with E-state index in [1.807, 2.05) is 12.1 Å². The minimum atomic E-state index is 0.256. The molecule has 1 aromatic carbocycles. The summed E-state index contributed by atoms with van der Waals surface area (Å²) in [6.45, 7) is 4.84. The number of amidine groups is 1. The van der Waals surface area contributed by atoms with E-state index < -0.39 is 0 Å². The van der Waals surface area contributed by atoms with E-state index in [0.29, 0.717) is 13.0 Å². The SMILES string of the molecule is Cc1cccc(OCCCCC(=N)N)c1C. The Balaban J connectivity index is 2.32. The van der Waals surface area contributed by atoms with Gasteiger partial charge in [0, 0.05) is 6.42 Å². The summed E-state index contributed by atoms with van der Waals surface area (Å²) in [6.07, 6.45) is 2.52. The molecule has 1 rings (SSSR count). The molecule has 0 radical (unpaired) electrons. The standard InChI is InChI=1S/C13H20N2O/c1-10-6-5-7-12(11(10)2)16-9-4-3-8-13(14)15/h5-7H,3-4,8-9H2,1-2H3,(H3,14,15). The first kappa shape index (κ1) is 12.6. The first-order valence-corrected chi connectivity index (χ1v) is 5.63. The Morgan fingerprint density at radius 2 is 2.06 bits per heavy atom. The smallest absolute Gasteiger partial charge is 0.122 e. The average Bonchev–Trinajstić information content (AvgIpc) is 2.23. The Morgan fingerprint density at radius 3 is 2.75 bits per heavy atom. The molecule has 0 amide bonds. The summed E-state index contributed by atoms with van der Waals surface area (Å²) in [5, 5.41) is 7.09. The van der Waals surface area contributed by atoms with Gasteiger partial charge in [-0.05, 0) is 43.9 Å². The average molecular weight is 220 g/mol. The fourth-order valence-electron chi connectivity index (χ4n) is 1.48. The Labute approximate surface area is 97.1 Å². The molecule has 16 heavy (non-hydrogen) atoms. The van der Waals surface area contributed by atoms with Crippen molar-refractivity contribution in [2.45, 2.75) is 33.1 Å². The van der Waals surface area contributed by atoms with Gasteiger partial charge < -0.3 is 10.5 Å². The highest BCUT2D eigenvalue weighted by molar-refractivity contribution is 5.76. The number of rotatable bonds is 6. The Morgan fingerprint density at radius 1 is 1.31 bits per heavy atom. The maximum absolute atomic E-state index is 7.09. The Bertz CT molecular complexity index is 361. The van der Waals surface area contributed by atoms with Crippen molar-refractivity contribution in [1.29, 1.82) is 5.41 Å². The van der Waals surface area contributed by atoms with Crippen LogP contribution in [0.1, 0.15) is 30.4 Å². The van der Waals surface area contributed by atoms with Crippen LogP contribution in [0.25, 0.3) is 0 Å². The molecule has 3 nitrogen and oxygen atoms in total. The molecule has 0 saturated heterocycles. The third kappa shape index (κ3) is 3.93. The largest absolute Gasteiger partial charge is 0.493 e. The molecule has 0 spiro atoms. The topological polar surface area (TPSA) is 59.1 Å². The van der Waals surface area contributed by atoms with E-state index in [0.717, 1.165) is 18.6 Å². The summed E-state index contributed by atoms with van der Waals surface area (Å²) in [5.74, 6) is 1.22. The number of hydrogen-bond donors (Lipinski definition) is 2. The van der Waals surface area contributed by atoms with Crippen molar-refractivity contribution in [2.24, 2.45) is 5.73 Å². The van der Waals surface area contributed by atoms with E-state index >= 15 is 0 Å². The second kappa shape index (κ2) is 6.16. The molecule has 0 bridgehead atoms. The van der Waals surface area contributed by atoms with E-state index in [4.69, 9.17) is 15.9 Å². The second-order valence-corrected chi connectivity index (χ2v) is 4.03. The summed E-state index contributed by atoms with van der Waals surface area (Å²) in [6, 6.07) is 6.08. The summed E-state index contributed by atoms with van der Waals surface area (Å²) < 4.78 is 5.69. The molecule has 0 aliphatic carbocycles. The van der Waals surface area contributed by atoms with Crippen LogP contribution in [0.2, 0.25) is 0 Å². The molecule has 0 aliphatic rings. The number of hydrogen-bond acceptors (Lipinski definition) is 2. The van der Waals surface area contributed by atoms with E-state index in [1.54, 1.807) is 0 Å². The van der Waals surface area contributed by atoms with Gasteiger partial charge >= 0.3 is 0 Å². The number of nitrogens with two attached hydrogens (primary N) is 1. The predicted octanol–water partition coefficient (Wildman–Crippen LogP) is 2.79. The van der Waals surface area contributed by atoms with Crippen molar-refractivity contribution < 1.29 is 4.74 Å². The third-order valence-electron chi connectivity index (χ3n) is 2.65. The quantitative estimate of drug-likeness (QED) is 0.440. The van der Waals surface area contributed by atoms with Crippen LogP contribution in [-0.4, -0.2) is 12.4 Å². The number of nitrogens with one attached hydrogen (secondary N) is 1. The molecular weight excluding hydrogens is 200 g/mol. The van der Waals surface area contributed by atoms with Crippen molar-refractivity contribution in [3.8, 4) is 5.75 Å². The van der Waals surface area contributed by atoms with Gasteiger partial charge in [-0.1, -0.05) is 12.1 Å². The maximum atomic E-state index is 7.09. The zero-order valence-corrected chi connectivity index (χ0v) is 10.0. The number of unbranched alkanes of at least 4 members (excludes halogenated alkanes) is 1. The molecule has 0 heterocycles. The summed E-state index contributed by atoms with van der Waals surface area (Å²) in [5.41, 5.74) is 7.73. The summed E-state index contributed by atoms with van der Waals surface area (Å²) in [7, 11) is 0. The van der Waals surface area contributed by atoms with Crippen molar-refractivity contribution in [2.75, 3.05) is 6.61 Å². The van der Waals surface area contributed by atoms with Gasteiger partial charge in [-0.15, -0.1) is 0 Å².